The van der Waals surface area contributed by atoms with E-state index in [2.05, 4.69) is 4.98 Å². The fraction of sp³-hybridized carbons (Fsp3) is 0.333. The van der Waals surface area contributed by atoms with E-state index in [-0.39, 0.29) is 18.8 Å². The highest BCUT2D eigenvalue weighted by molar-refractivity contribution is 5.96. The number of carbonyl (C=O) groups excluding carboxylic acids is 2. The summed E-state index contributed by atoms with van der Waals surface area (Å²) in [6, 6.07) is 4.09. The Balaban J connectivity index is 2.21. The lowest BCUT2D eigenvalue weighted by atomic mass is 10.2. The zero-order chi connectivity index (χ0) is 13.8. The summed E-state index contributed by atoms with van der Waals surface area (Å²) in [5.74, 6) is -1.00. The minimum atomic E-state index is -0.779. The molecule has 2 rings (SSSR count). The monoisotopic (exact) mass is 260 g/mol. The molecule has 7 heteroatoms. The lowest BCUT2D eigenvalue weighted by molar-refractivity contribution is -0.127. The smallest absolute Gasteiger partial charge is 0.273 e. The predicted molar refractivity (Wildman–Crippen MR) is 63.8 cm³/mol. The van der Waals surface area contributed by atoms with Crippen molar-refractivity contribution < 1.29 is 14.3 Å². The number of ether oxygens (including phenoxy) is 1. The van der Waals surface area contributed by atoms with Gasteiger partial charge >= 0.3 is 0 Å². The van der Waals surface area contributed by atoms with Gasteiger partial charge in [0.15, 0.2) is 0 Å². The van der Waals surface area contributed by atoms with Crippen LogP contribution in [0.2, 0.25) is 0 Å². The minimum absolute atomic E-state index is 0.0946. The molecule has 1 aromatic heterocycles. The molecule has 7 nitrogen and oxygen atoms in total. The zero-order valence-electron chi connectivity index (χ0n) is 10.1. The molecule has 0 bridgehead atoms. The Hall–Kier alpha value is -2.46. The Morgan fingerprint density at radius 1 is 1.53 bits per heavy atom. The van der Waals surface area contributed by atoms with Gasteiger partial charge in [0, 0.05) is 12.7 Å². The van der Waals surface area contributed by atoms with Crippen LogP contribution < -0.4 is 5.73 Å². The van der Waals surface area contributed by atoms with Crippen LogP contribution in [0.4, 0.5) is 0 Å². The van der Waals surface area contributed by atoms with Crippen molar-refractivity contribution in [3.8, 4) is 6.07 Å². The van der Waals surface area contributed by atoms with E-state index in [0.717, 1.165) is 0 Å². The number of amides is 2. The average molecular weight is 260 g/mol. The van der Waals surface area contributed by atoms with Crippen LogP contribution in [-0.2, 0) is 9.53 Å². The van der Waals surface area contributed by atoms with Gasteiger partial charge in [-0.05, 0) is 12.1 Å². The molecule has 1 aliphatic rings. The van der Waals surface area contributed by atoms with Crippen molar-refractivity contribution in [3.05, 3.63) is 29.6 Å². The second kappa shape index (κ2) is 5.46. The second-order valence-corrected chi connectivity index (χ2v) is 4.04. The van der Waals surface area contributed by atoms with E-state index in [1.165, 1.54) is 23.2 Å². The summed E-state index contributed by atoms with van der Waals surface area (Å²) in [7, 11) is 0. The lowest BCUT2D eigenvalue weighted by Crippen LogP contribution is -2.54. The van der Waals surface area contributed by atoms with Gasteiger partial charge in [0.2, 0.25) is 5.91 Å². The van der Waals surface area contributed by atoms with Gasteiger partial charge < -0.3 is 15.4 Å². The van der Waals surface area contributed by atoms with Gasteiger partial charge in [-0.3, -0.25) is 9.59 Å². The van der Waals surface area contributed by atoms with E-state index in [4.69, 9.17) is 15.7 Å². The average Bonchev–Trinajstić information content (AvgIpc) is 2.46. The standard InChI is InChI=1S/C12H12N4O3/c13-5-8-1-2-9(15-6-8)12(18)16-3-4-19-7-10(16)11(14)17/h1-2,6,10H,3-4,7H2,(H2,14,17). The van der Waals surface area contributed by atoms with Crippen molar-refractivity contribution in [1.29, 1.82) is 5.26 Å². The summed E-state index contributed by atoms with van der Waals surface area (Å²) >= 11 is 0. The molecule has 2 heterocycles. The van der Waals surface area contributed by atoms with Crippen molar-refractivity contribution in [3.63, 3.8) is 0 Å². The zero-order valence-corrected chi connectivity index (χ0v) is 10.1. The first-order valence-corrected chi connectivity index (χ1v) is 5.67. The molecule has 0 aliphatic carbocycles. The molecule has 0 saturated carbocycles. The predicted octanol–water partition coefficient (Wildman–Crippen LogP) is -0.720. The van der Waals surface area contributed by atoms with Gasteiger partial charge in [-0.25, -0.2) is 4.98 Å². The fourth-order valence-corrected chi connectivity index (χ4v) is 1.82. The number of nitrogens with zero attached hydrogens (tertiary/aromatic N) is 3. The van der Waals surface area contributed by atoms with Crippen LogP contribution in [-0.4, -0.2) is 47.5 Å². The summed E-state index contributed by atoms with van der Waals surface area (Å²) < 4.78 is 5.14. The first-order valence-electron chi connectivity index (χ1n) is 5.67. The molecule has 98 valence electrons. The summed E-state index contributed by atoms with van der Waals surface area (Å²) in [4.78, 5) is 28.8. The molecule has 1 aliphatic heterocycles. The summed E-state index contributed by atoms with van der Waals surface area (Å²) in [6.07, 6.45) is 1.31. The highest BCUT2D eigenvalue weighted by atomic mass is 16.5. The number of pyridine rings is 1. The number of hydrogen-bond acceptors (Lipinski definition) is 5. The molecule has 0 aromatic carbocycles. The maximum Gasteiger partial charge on any atom is 0.273 e. The fourth-order valence-electron chi connectivity index (χ4n) is 1.82. The summed E-state index contributed by atoms with van der Waals surface area (Å²) in [6.45, 7) is 0.733. The third kappa shape index (κ3) is 2.69. The first-order chi connectivity index (χ1) is 9.13. The van der Waals surface area contributed by atoms with Gasteiger partial charge in [0.05, 0.1) is 18.8 Å². The molecule has 0 spiro atoms. The van der Waals surface area contributed by atoms with E-state index >= 15 is 0 Å². The maximum atomic E-state index is 12.2. The van der Waals surface area contributed by atoms with Crippen LogP contribution in [0.15, 0.2) is 18.3 Å². The first kappa shape index (κ1) is 13.0. The Bertz CT molecular complexity index is 535. The van der Waals surface area contributed by atoms with Crippen LogP contribution in [0.1, 0.15) is 16.1 Å². The topological polar surface area (TPSA) is 109 Å². The van der Waals surface area contributed by atoms with Crippen LogP contribution in [0.25, 0.3) is 0 Å². The molecule has 19 heavy (non-hydrogen) atoms. The number of primary amides is 1. The van der Waals surface area contributed by atoms with E-state index in [0.29, 0.717) is 12.2 Å². The van der Waals surface area contributed by atoms with Gasteiger partial charge in [-0.2, -0.15) is 5.26 Å². The van der Waals surface area contributed by atoms with E-state index < -0.39 is 17.9 Å². The number of hydrogen-bond donors (Lipinski definition) is 1. The SMILES string of the molecule is N#Cc1ccc(C(=O)N2CCOCC2C(N)=O)nc1. The number of rotatable bonds is 2. The summed E-state index contributed by atoms with van der Waals surface area (Å²) in [5, 5.41) is 8.67. The van der Waals surface area contributed by atoms with Gasteiger partial charge in [0.25, 0.3) is 5.91 Å². The largest absolute Gasteiger partial charge is 0.377 e. The van der Waals surface area contributed by atoms with Crippen molar-refractivity contribution >= 4 is 11.8 Å². The normalized spacial score (nSPS) is 18.7. The van der Waals surface area contributed by atoms with E-state index in [9.17, 15) is 9.59 Å². The van der Waals surface area contributed by atoms with Gasteiger partial charge in [-0.15, -0.1) is 0 Å². The van der Waals surface area contributed by atoms with Crippen LogP contribution in [0, 0.1) is 11.3 Å². The highest BCUT2D eigenvalue weighted by Gasteiger charge is 2.32. The number of nitriles is 1. The molecule has 2 amide bonds. The molecular weight excluding hydrogens is 248 g/mol. The molecular formula is C12H12N4O3. The Morgan fingerprint density at radius 3 is 2.89 bits per heavy atom. The Kier molecular flexibility index (Phi) is 3.73. The molecule has 2 N–H and O–H groups in total. The van der Waals surface area contributed by atoms with Crippen molar-refractivity contribution in [2.75, 3.05) is 19.8 Å². The van der Waals surface area contributed by atoms with Crippen molar-refractivity contribution in [2.45, 2.75) is 6.04 Å². The molecule has 1 atom stereocenters. The third-order valence-corrected chi connectivity index (χ3v) is 2.83. The molecule has 1 unspecified atom stereocenters. The number of carbonyl (C=O) groups is 2. The van der Waals surface area contributed by atoms with Crippen molar-refractivity contribution in [2.24, 2.45) is 5.73 Å². The number of morpholine rings is 1. The van der Waals surface area contributed by atoms with E-state index in [1.54, 1.807) is 0 Å². The third-order valence-electron chi connectivity index (χ3n) is 2.83. The number of nitrogens with two attached hydrogens (primary N) is 1. The molecule has 1 aromatic rings. The van der Waals surface area contributed by atoms with Crippen LogP contribution in [0.3, 0.4) is 0 Å². The van der Waals surface area contributed by atoms with Gasteiger partial charge in [0.1, 0.15) is 17.8 Å². The maximum absolute atomic E-state index is 12.2. The lowest BCUT2D eigenvalue weighted by Gasteiger charge is -2.33. The minimum Gasteiger partial charge on any atom is -0.377 e. The van der Waals surface area contributed by atoms with Crippen LogP contribution >= 0.6 is 0 Å². The Labute approximate surface area is 109 Å². The highest BCUT2D eigenvalue weighted by Crippen LogP contribution is 2.11. The quantitative estimate of drug-likeness (QED) is 0.754. The Morgan fingerprint density at radius 2 is 2.32 bits per heavy atom. The molecule has 1 saturated heterocycles. The molecule has 0 radical (unpaired) electrons. The van der Waals surface area contributed by atoms with Crippen LogP contribution in [0.5, 0.6) is 0 Å². The second-order valence-electron chi connectivity index (χ2n) is 4.04. The molecule has 1 fully saturated rings. The summed E-state index contributed by atoms with van der Waals surface area (Å²) in [5.41, 5.74) is 5.78. The van der Waals surface area contributed by atoms with E-state index in [1.807, 2.05) is 6.07 Å². The van der Waals surface area contributed by atoms with Gasteiger partial charge in [-0.1, -0.05) is 0 Å². The van der Waals surface area contributed by atoms with Crippen molar-refractivity contribution in [1.82, 2.24) is 9.88 Å². The number of aromatic nitrogens is 1.